The zero-order valence-electron chi connectivity index (χ0n) is 12.1. The van der Waals surface area contributed by atoms with Gasteiger partial charge in [0.2, 0.25) is 5.82 Å². The van der Waals surface area contributed by atoms with E-state index in [9.17, 15) is 4.79 Å². The molecule has 2 aromatic rings. The van der Waals surface area contributed by atoms with Crippen molar-refractivity contribution in [3.63, 3.8) is 0 Å². The summed E-state index contributed by atoms with van der Waals surface area (Å²) in [6, 6.07) is 7.67. The van der Waals surface area contributed by atoms with Crippen molar-refractivity contribution in [2.45, 2.75) is 19.4 Å². The van der Waals surface area contributed by atoms with Gasteiger partial charge < -0.3 is 9.64 Å². The number of likely N-dealkylation sites (tertiary alicyclic amines) is 1. The molecule has 2 aliphatic rings. The number of nitrogens with zero attached hydrogens (tertiary/aromatic N) is 4. The Morgan fingerprint density at radius 3 is 2.73 bits per heavy atom. The van der Waals surface area contributed by atoms with Crippen molar-refractivity contribution in [2.75, 3.05) is 18.0 Å². The number of para-hydroxylation sites is 1. The number of ether oxygens (including phenoxy) is 1. The quantitative estimate of drug-likeness (QED) is 0.750. The molecule has 0 spiro atoms. The predicted octanol–water partition coefficient (Wildman–Crippen LogP) is 2.80. The van der Waals surface area contributed by atoms with Gasteiger partial charge in [-0.3, -0.25) is 4.90 Å². The van der Waals surface area contributed by atoms with Crippen LogP contribution in [0.3, 0.4) is 0 Å². The highest BCUT2D eigenvalue weighted by atomic mass is 16.5. The lowest BCUT2D eigenvalue weighted by Gasteiger charge is -2.26. The SMILES string of the molecule is O=C(N1CCCC1)N1Cc2ccccc2Oc2nccnc21. The smallest absolute Gasteiger partial charge is 0.326 e. The monoisotopic (exact) mass is 296 g/mol. The molecule has 1 aromatic heterocycles. The van der Waals surface area contributed by atoms with E-state index in [1.165, 1.54) is 0 Å². The molecule has 1 fully saturated rings. The average Bonchev–Trinajstić information content (AvgIpc) is 3.03. The zero-order valence-corrected chi connectivity index (χ0v) is 12.1. The van der Waals surface area contributed by atoms with Crippen molar-refractivity contribution in [1.82, 2.24) is 14.9 Å². The number of rotatable bonds is 0. The number of benzene rings is 1. The Balaban J connectivity index is 1.77. The third-order valence-electron chi connectivity index (χ3n) is 4.02. The third kappa shape index (κ3) is 2.16. The van der Waals surface area contributed by atoms with E-state index in [1.54, 1.807) is 17.3 Å². The Morgan fingerprint density at radius 1 is 1.09 bits per heavy atom. The van der Waals surface area contributed by atoms with Crippen molar-refractivity contribution in [1.29, 1.82) is 0 Å². The first kappa shape index (κ1) is 13.1. The number of carbonyl (C=O) groups excluding carboxylic acids is 1. The van der Waals surface area contributed by atoms with Gasteiger partial charge in [-0.15, -0.1) is 0 Å². The van der Waals surface area contributed by atoms with Gasteiger partial charge in [0.25, 0.3) is 5.88 Å². The summed E-state index contributed by atoms with van der Waals surface area (Å²) in [6.45, 7) is 2.04. The summed E-state index contributed by atoms with van der Waals surface area (Å²) >= 11 is 0. The van der Waals surface area contributed by atoms with Crippen molar-refractivity contribution >= 4 is 11.8 Å². The maximum absolute atomic E-state index is 12.9. The Kier molecular flexibility index (Phi) is 3.14. The number of amides is 2. The summed E-state index contributed by atoms with van der Waals surface area (Å²) in [5.41, 5.74) is 0.954. The molecule has 0 bridgehead atoms. The Bertz CT molecular complexity index is 713. The minimum absolute atomic E-state index is 0.0282. The fourth-order valence-corrected chi connectivity index (χ4v) is 2.90. The van der Waals surface area contributed by atoms with E-state index in [0.717, 1.165) is 37.2 Å². The van der Waals surface area contributed by atoms with E-state index in [-0.39, 0.29) is 6.03 Å². The van der Waals surface area contributed by atoms with Crippen LogP contribution < -0.4 is 9.64 Å². The minimum atomic E-state index is -0.0282. The molecule has 112 valence electrons. The molecule has 0 saturated carbocycles. The number of hydrogen-bond donors (Lipinski definition) is 0. The first-order chi connectivity index (χ1) is 10.8. The topological polar surface area (TPSA) is 58.6 Å². The highest BCUT2D eigenvalue weighted by molar-refractivity contribution is 5.92. The second-order valence-electron chi connectivity index (χ2n) is 5.46. The number of anilines is 1. The number of urea groups is 1. The van der Waals surface area contributed by atoms with Gasteiger partial charge in [0.15, 0.2) is 0 Å². The molecule has 0 unspecified atom stereocenters. The number of hydrogen-bond acceptors (Lipinski definition) is 4. The van der Waals surface area contributed by atoms with Crippen molar-refractivity contribution in [3.8, 4) is 11.6 Å². The zero-order chi connectivity index (χ0) is 14.9. The molecule has 2 amide bonds. The lowest BCUT2D eigenvalue weighted by atomic mass is 10.2. The van der Waals surface area contributed by atoms with Crippen LogP contribution in [0.15, 0.2) is 36.7 Å². The Morgan fingerprint density at radius 2 is 1.86 bits per heavy atom. The summed E-state index contributed by atoms with van der Waals surface area (Å²) < 4.78 is 5.86. The predicted molar refractivity (Wildman–Crippen MR) is 80.9 cm³/mol. The molecular weight excluding hydrogens is 280 g/mol. The molecule has 6 heteroatoms. The molecule has 22 heavy (non-hydrogen) atoms. The number of carbonyl (C=O) groups is 1. The molecule has 0 N–H and O–H groups in total. The van der Waals surface area contributed by atoms with Crippen LogP contribution in [0.5, 0.6) is 11.6 Å². The largest absolute Gasteiger partial charge is 0.436 e. The molecular formula is C16H16N4O2. The first-order valence-electron chi connectivity index (χ1n) is 7.46. The second-order valence-corrected chi connectivity index (χ2v) is 5.46. The Hall–Kier alpha value is -2.63. The van der Waals surface area contributed by atoms with Gasteiger partial charge in [-0.1, -0.05) is 18.2 Å². The van der Waals surface area contributed by atoms with Gasteiger partial charge in [0, 0.05) is 31.0 Å². The van der Waals surface area contributed by atoms with E-state index in [4.69, 9.17) is 4.74 Å². The van der Waals surface area contributed by atoms with E-state index in [1.807, 2.05) is 29.2 Å². The highest BCUT2D eigenvalue weighted by Crippen LogP contribution is 2.36. The molecule has 0 atom stereocenters. The van der Waals surface area contributed by atoms with Gasteiger partial charge in [0.1, 0.15) is 5.75 Å². The summed E-state index contributed by atoms with van der Waals surface area (Å²) in [7, 11) is 0. The molecule has 0 radical (unpaired) electrons. The van der Waals surface area contributed by atoms with Crippen LogP contribution in [0.25, 0.3) is 0 Å². The average molecular weight is 296 g/mol. The third-order valence-corrected chi connectivity index (χ3v) is 4.02. The lowest BCUT2D eigenvalue weighted by molar-refractivity contribution is 0.215. The molecule has 0 aliphatic carbocycles. The van der Waals surface area contributed by atoms with Gasteiger partial charge >= 0.3 is 6.03 Å². The maximum Gasteiger partial charge on any atom is 0.326 e. The van der Waals surface area contributed by atoms with Crippen LogP contribution in [0.4, 0.5) is 10.6 Å². The van der Waals surface area contributed by atoms with E-state index in [0.29, 0.717) is 18.2 Å². The van der Waals surface area contributed by atoms with Crippen LogP contribution in [0, 0.1) is 0 Å². The number of fused-ring (bicyclic) bond motifs is 2. The van der Waals surface area contributed by atoms with Crippen LogP contribution in [0.2, 0.25) is 0 Å². The van der Waals surface area contributed by atoms with E-state index < -0.39 is 0 Å². The maximum atomic E-state index is 12.9. The molecule has 3 heterocycles. The van der Waals surface area contributed by atoms with E-state index in [2.05, 4.69) is 9.97 Å². The van der Waals surface area contributed by atoms with Crippen LogP contribution in [-0.4, -0.2) is 34.0 Å². The van der Waals surface area contributed by atoms with Crippen molar-refractivity contribution in [2.24, 2.45) is 0 Å². The molecule has 4 rings (SSSR count). The van der Waals surface area contributed by atoms with Gasteiger partial charge in [-0.05, 0) is 18.9 Å². The number of aromatic nitrogens is 2. The summed E-state index contributed by atoms with van der Waals surface area (Å²) in [5, 5.41) is 0. The first-order valence-corrected chi connectivity index (χ1v) is 7.46. The van der Waals surface area contributed by atoms with Crippen molar-refractivity contribution in [3.05, 3.63) is 42.2 Å². The molecule has 1 saturated heterocycles. The summed E-state index contributed by atoms with van der Waals surface area (Å²) in [4.78, 5) is 25.0. The second kappa shape index (κ2) is 5.29. The minimum Gasteiger partial charge on any atom is -0.436 e. The van der Waals surface area contributed by atoms with Gasteiger partial charge in [0.05, 0.1) is 6.54 Å². The summed E-state index contributed by atoms with van der Waals surface area (Å²) in [6.07, 6.45) is 5.27. The molecule has 1 aromatic carbocycles. The fraction of sp³-hybridized carbons (Fsp3) is 0.312. The lowest BCUT2D eigenvalue weighted by Crippen LogP contribution is -2.41. The van der Waals surface area contributed by atoms with Crippen LogP contribution in [0.1, 0.15) is 18.4 Å². The Labute approximate surface area is 128 Å². The van der Waals surface area contributed by atoms with Crippen molar-refractivity contribution < 1.29 is 9.53 Å². The summed E-state index contributed by atoms with van der Waals surface area (Å²) in [5.74, 6) is 1.58. The normalized spacial score (nSPS) is 16.5. The van der Waals surface area contributed by atoms with Crippen LogP contribution >= 0.6 is 0 Å². The van der Waals surface area contributed by atoms with E-state index >= 15 is 0 Å². The highest BCUT2D eigenvalue weighted by Gasteiger charge is 2.31. The standard InChI is InChI=1S/C16H16N4O2/c21-16(19-9-3-4-10-19)20-11-12-5-1-2-6-13(12)22-15-14(20)17-7-8-18-15/h1-2,5-8H,3-4,9-11H2. The van der Waals surface area contributed by atoms with Gasteiger partial charge in [-0.25, -0.2) is 14.8 Å². The van der Waals surface area contributed by atoms with Crippen LogP contribution in [-0.2, 0) is 6.54 Å². The van der Waals surface area contributed by atoms with Gasteiger partial charge in [-0.2, -0.15) is 0 Å². The molecule has 6 nitrogen and oxygen atoms in total. The molecule has 2 aliphatic heterocycles. The fourth-order valence-electron chi connectivity index (χ4n) is 2.90.